The molecule has 0 bridgehead atoms. The third-order valence-corrected chi connectivity index (χ3v) is 1.90. The van der Waals surface area contributed by atoms with E-state index in [1.54, 1.807) is 13.0 Å². The lowest BCUT2D eigenvalue weighted by molar-refractivity contribution is 0.0940. The van der Waals surface area contributed by atoms with Crippen molar-refractivity contribution >= 4 is 5.91 Å². The van der Waals surface area contributed by atoms with Gasteiger partial charge >= 0.3 is 0 Å². The quantitative estimate of drug-likeness (QED) is 0.783. The number of hydrogen-bond acceptors (Lipinski definition) is 4. The van der Waals surface area contributed by atoms with E-state index in [2.05, 4.69) is 15.3 Å². The van der Waals surface area contributed by atoms with Gasteiger partial charge in [0.1, 0.15) is 11.5 Å². The maximum absolute atomic E-state index is 11.7. The summed E-state index contributed by atoms with van der Waals surface area (Å²) in [7, 11) is 0. The Morgan fingerprint density at radius 1 is 1.44 bits per heavy atom. The number of nitrogens with two attached hydrogens (primary N) is 1. The maximum Gasteiger partial charge on any atom is 0.270 e. The molecular weight excluding hydrogens is 204 g/mol. The molecule has 0 saturated heterocycles. The van der Waals surface area contributed by atoms with Gasteiger partial charge in [-0.15, -0.1) is 0 Å². The maximum atomic E-state index is 11.7. The van der Waals surface area contributed by atoms with Crippen molar-refractivity contribution in [2.45, 2.75) is 33.2 Å². The van der Waals surface area contributed by atoms with Crippen LogP contribution in [0.2, 0.25) is 0 Å². The molecule has 1 aromatic rings. The Bertz CT molecular complexity index is 375. The van der Waals surface area contributed by atoms with Crippen LogP contribution in [0.15, 0.2) is 6.07 Å². The van der Waals surface area contributed by atoms with E-state index in [1.807, 2.05) is 20.8 Å². The van der Waals surface area contributed by atoms with Crippen molar-refractivity contribution in [3.05, 3.63) is 23.3 Å². The van der Waals surface area contributed by atoms with Crippen molar-refractivity contribution in [3.8, 4) is 0 Å². The molecule has 0 aromatic carbocycles. The zero-order chi connectivity index (χ0) is 12.3. The molecule has 0 atom stereocenters. The lowest BCUT2D eigenvalue weighted by atomic mass is 10.1. The first kappa shape index (κ1) is 12.6. The van der Waals surface area contributed by atoms with Gasteiger partial charge in [0.25, 0.3) is 5.91 Å². The fraction of sp³-hybridized carbons (Fsp3) is 0.545. The van der Waals surface area contributed by atoms with Gasteiger partial charge < -0.3 is 11.1 Å². The Kier molecular flexibility index (Phi) is 3.59. The molecule has 0 saturated carbocycles. The van der Waals surface area contributed by atoms with E-state index < -0.39 is 5.54 Å². The van der Waals surface area contributed by atoms with Gasteiger partial charge in [-0.3, -0.25) is 4.79 Å². The summed E-state index contributed by atoms with van der Waals surface area (Å²) in [5.41, 5.74) is 6.52. The minimum atomic E-state index is -0.424. The van der Waals surface area contributed by atoms with Crippen LogP contribution >= 0.6 is 0 Å². The molecular formula is C11H18N4O. The Morgan fingerprint density at radius 2 is 2.06 bits per heavy atom. The van der Waals surface area contributed by atoms with Gasteiger partial charge in [0, 0.05) is 17.8 Å². The lowest BCUT2D eigenvalue weighted by Crippen LogP contribution is -2.45. The van der Waals surface area contributed by atoms with Crippen LogP contribution in [0.1, 0.15) is 35.9 Å². The van der Waals surface area contributed by atoms with E-state index in [1.165, 1.54) is 0 Å². The van der Waals surface area contributed by atoms with Crippen molar-refractivity contribution in [1.82, 2.24) is 15.3 Å². The summed E-state index contributed by atoms with van der Waals surface area (Å²) >= 11 is 0. The largest absolute Gasteiger partial charge is 0.349 e. The average molecular weight is 222 g/mol. The van der Waals surface area contributed by atoms with E-state index >= 15 is 0 Å². The number of rotatable bonds is 3. The van der Waals surface area contributed by atoms with Gasteiger partial charge in [0.2, 0.25) is 0 Å². The van der Waals surface area contributed by atoms with Crippen LogP contribution in [0, 0.1) is 13.8 Å². The molecule has 5 heteroatoms. The number of nitrogens with one attached hydrogen (secondary N) is 1. The van der Waals surface area contributed by atoms with E-state index in [-0.39, 0.29) is 5.91 Å². The van der Waals surface area contributed by atoms with Gasteiger partial charge in [-0.25, -0.2) is 9.97 Å². The van der Waals surface area contributed by atoms with Gasteiger partial charge in [-0.1, -0.05) is 0 Å². The van der Waals surface area contributed by atoms with Crippen LogP contribution in [-0.4, -0.2) is 28.0 Å². The zero-order valence-corrected chi connectivity index (χ0v) is 10.2. The summed E-state index contributed by atoms with van der Waals surface area (Å²) in [6, 6.07) is 1.66. The van der Waals surface area contributed by atoms with Gasteiger partial charge in [0.05, 0.1) is 0 Å². The number of aryl methyl sites for hydroxylation is 2. The number of nitrogens with zero attached hydrogens (tertiary/aromatic N) is 2. The summed E-state index contributed by atoms with van der Waals surface area (Å²) in [6.07, 6.45) is 0. The number of aromatic nitrogens is 2. The molecule has 0 fully saturated rings. The Balaban J connectivity index is 2.73. The van der Waals surface area contributed by atoms with Crippen LogP contribution < -0.4 is 11.1 Å². The number of hydrogen-bond donors (Lipinski definition) is 2. The molecule has 1 rings (SSSR count). The smallest absolute Gasteiger partial charge is 0.270 e. The normalized spacial score (nSPS) is 11.3. The van der Waals surface area contributed by atoms with Crippen molar-refractivity contribution < 1.29 is 4.79 Å². The molecule has 0 unspecified atom stereocenters. The van der Waals surface area contributed by atoms with Crippen molar-refractivity contribution in [1.29, 1.82) is 0 Å². The van der Waals surface area contributed by atoms with Crippen molar-refractivity contribution in [2.24, 2.45) is 5.73 Å². The fourth-order valence-electron chi connectivity index (χ4n) is 1.23. The van der Waals surface area contributed by atoms with Crippen molar-refractivity contribution in [2.75, 3.05) is 6.54 Å². The van der Waals surface area contributed by atoms with Crippen molar-refractivity contribution in [3.63, 3.8) is 0 Å². The Morgan fingerprint density at radius 3 is 2.56 bits per heavy atom. The molecule has 0 spiro atoms. The predicted octanol–water partition coefficient (Wildman–Crippen LogP) is 0.561. The number of carbonyl (C=O) groups is 1. The SMILES string of the molecule is Cc1cc(C(=O)NCC(C)(C)N)nc(C)n1. The molecule has 0 aliphatic heterocycles. The van der Waals surface area contributed by atoms with Crippen LogP contribution in [0.25, 0.3) is 0 Å². The molecule has 1 aromatic heterocycles. The molecule has 1 heterocycles. The Labute approximate surface area is 95.5 Å². The minimum Gasteiger partial charge on any atom is -0.349 e. The number of carbonyl (C=O) groups excluding carboxylic acids is 1. The Hall–Kier alpha value is -1.49. The minimum absolute atomic E-state index is 0.216. The summed E-state index contributed by atoms with van der Waals surface area (Å²) in [5, 5.41) is 2.74. The average Bonchev–Trinajstić information content (AvgIpc) is 2.11. The highest BCUT2D eigenvalue weighted by molar-refractivity contribution is 5.92. The topological polar surface area (TPSA) is 80.9 Å². The molecule has 3 N–H and O–H groups in total. The standard InChI is InChI=1S/C11H18N4O/c1-7-5-9(15-8(2)14-7)10(16)13-6-11(3,4)12/h5H,6,12H2,1-4H3,(H,13,16). The van der Waals surface area contributed by atoms with Gasteiger partial charge in [-0.2, -0.15) is 0 Å². The summed E-state index contributed by atoms with van der Waals surface area (Å²) in [4.78, 5) is 19.9. The molecule has 0 radical (unpaired) electrons. The van der Waals surface area contributed by atoms with E-state index in [9.17, 15) is 4.79 Å². The molecule has 88 valence electrons. The molecule has 1 amide bonds. The zero-order valence-electron chi connectivity index (χ0n) is 10.2. The predicted molar refractivity (Wildman–Crippen MR) is 62.1 cm³/mol. The lowest BCUT2D eigenvalue weighted by Gasteiger charge is -2.18. The first-order valence-electron chi connectivity index (χ1n) is 5.17. The summed E-state index contributed by atoms with van der Waals surface area (Å²) in [6.45, 7) is 7.70. The second-order valence-electron chi connectivity index (χ2n) is 4.61. The molecule has 5 nitrogen and oxygen atoms in total. The second-order valence-corrected chi connectivity index (χ2v) is 4.61. The van der Waals surface area contributed by atoms with E-state index in [0.29, 0.717) is 18.1 Å². The van der Waals surface area contributed by atoms with Crippen LogP contribution in [0.4, 0.5) is 0 Å². The third-order valence-electron chi connectivity index (χ3n) is 1.90. The summed E-state index contributed by atoms with van der Waals surface area (Å²) < 4.78 is 0. The van der Waals surface area contributed by atoms with Gasteiger partial charge in [-0.05, 0) is 33.8 Å². The second kappa shape index (κ2) is 4.57. The highest BCUT2D eigenvalue weighted by Gasteiger charge is 2.14. The molecule has 0 aliphatic rings. The van der Waals surface area contributed by atoms with E-state index in [4.69, 9.17) is 5.73 Å². The summed E-state index contributed by atoms with van der Waals surface area (Å²) in [5.74, 6) is 0.379. The third kappa shape index (κ3) is 3.94. The fourth-order valence-corrected chi connectivity index (χ4v) is 1.23. The first-order chi connectivity index (χ1) is 7.28. The highest BCUT2D eigenvalue weighted by Crippen LogP contribution is 2.01. The van der Waals surface area contributed by atoms with Crippen LogP contribution in [0.5, 0.6) is 0 Å². The highest BCUT2D eigenvalue weighted by atomic mass is 16.1. The van der Waals surface area contributed by atoms with Gasteiger partial charge in [0.15, 0.2) is 0 Å². The molecule has 16 heavy (non-hydrogen) atoms. The van der Waals surface area contributed by atoms with Crippen LogP contribution in [-0.2, 0) is 0 Å². The number of amides is 1. The van der Waals surface area contributed by atoms with Crippen LogP contribution in [0.3, 0.4) is 0 Å². The molecule has 0 aliphatic carbocycles. The first-order valence-corrected chi connectivity index (χ1v) is 5.17. The monoisotopic (exact) mass is 222 g/mol. The van der Waals surface area contributed by atoms with E-state index in [0.717, 1.165) is 5.69 Å².